The molecule has 4 heterocycles. The zero-order valence-corrected chi connectivity index (χ0v) is 18.7. The molecule has 5 rings (SSSR count). The molecule has 1 amide bonds. The van der Waals surface area contributed by atoms with Gasteiger partial charge >= 0.3 is 0 Å². The molecule has 0 aliphatic carbocycles. The van der Waals surface area contributed by atoms with Crippen LogP contribution in [0.2, 0.25) is 0 Å². The second-order valence-electron chi connectivity index (χ2n) is 9.26. The third kappa shape index (κ3) is 3.77. The Labute approximate surface area is 194 Å². The molecule has 1 saturated heterocycles. The van der Waals surface area contributed by atoms with E-state index in [0.717, 1.165) is 0 Å². The number of carbonyl (C=O) groups excluding carboxylic acids is 1. The quantitative estimate of drug-likeness (QED) is 0.502. The van der Waals surface area contributed by atoms with Gasteiger partial charge in [-0.25, -0.2) is 19.3 Å². The molecule has 2 aliphatic rings. The van der Waals surface area contributed by atoms with Gasteiger partial charge in [-0.2, -0.15) is 15.0 Å². The number of pyridine rings is 1. The SMILES string of the molecule is C[C@]1(O)CN(c2ccn(-c3cc(-c4c(F)cccc4C#N)nc4c3C(=O)NC4)n2)C[N+](C)(O)C1. The molecule has 0 bridgehead atoms. The number of hydrogen-bond acceptors (Lipinski definition) is 7. The second-order valence-corrected chi connectivity index (χ2v) is 9.26. The summed E-state index contributed by atoms with van der Waals surface area (Å²) in [4.78, 5) is 18.8. The van der Waals surface area contributed by atoms with Crippen molar-refractivity contribution in [3.63, 3.8) is 0 Å². The number of quaternary nitrogens is 1. The lowest BCUT2D eigenvalue weighted by atomic mass is 10.0. The van der Waals surface area contributed by atoms with Crippen molar-refractivity contribution in [3.8, 4) is 23.0 Å². The van der Waals surface area contributed by atoms with Gasteiger partial charge in [-0.05, 0) is 25.1 Å². The fourth-order valence-corrected chi connectivity index (χ4v) is 4.83. The van der Waals surface area contributed by atoms with Crippen molar-refractivity contribution in [2.75, 3.05) is 31.7 Å². The van der Waals surface area contributed by atoms with Crippen LogP contribution in [0.1, 0.15) is 28.5 Å². The second kappa shape index (κ2) is 7.59. The summed E-state index contributed by atoms with van der Waals surface area (Å²) in [6, 6.07) is 9.47. The molecule has 11 heteroatoms. The molecule has 2 aliphatic heterocycles. The van der Waals surface area contributed by atoms with E-state index in [4.69, 9.17) is 0 Å². The molecule has 3 N–H and O–H groups in total. The van der Waals surface area contributed by atoms with E-state index in [0.29, 0.717) is 22.8 Å². The van der Waals surface area contributed by atoms with E-state index in [2.05, 4.69) is 15.4 Å². The van der Waals surface area contributed by atoms with Crippen molar-refractivity contribution >= 4 is 11.7 Å². The van der Waals surface area contributed by atoms with Gasteiger partial charge in [-0.15, -0.1) is 0 Å². The summed E-state index contributed by atoms with van der Waals surface area (Å²) < 4.78 is 15.8. The van der Waals surface area contributed by atoms with Gasteiger partial charge in [0.15, 0.2) is 12.5 Å². The van der Waals surface area contributed by atoms with E-state index < -0.39 is 16.1 Å². The number of halogens is 1. The summed E-state index contributed by atoms with van der Waals surface area (Å²) in [7, 11) is 1.60. The minimum absolute atomic E-state index is 0.0567. The monoisotopic (exact) mass is 464 g/mol. The number of anilines is 1. The Kier molecular flexibility index (Phi) is 4.91. The zero-order valence-electron chi connectivity index (χ0n) is 18.7. The zero-order chi connectivity index (χ0) is 24.3. The largest absolute Gasteiger partial charge is 0.382 e. The maximum absolute atomic E-state index is 14.7. The van der Waals surface area contributed by atoms with Crippen LogP contribution in [0.25, 0.3) is 16.9 Å². The van der Waals surface area contributed by atoms with Gasteiger partial charge in [0.1, 0.15) is 25.0 Å². The maximum atomic E-state index is 14.7. The first-order valence-corrected chi connectivity index (χ1v) is 10.7. The highest BCUT2D eigenvalue weighted by Crippen LogP contribution is 2.32. The Bertz CT molecular complexity index is 1340. The van der Waals surface area contributed by atoms with Crippen LogP contribution in [0.3, 0.4) is 0 Å². The molecule has 34 heavy (non-hydrogen) atoms. The summed E-state index contributed by atoms with van der Waals surface area (Å²) in [5.41, 5.74) is 0.419. The molecular formula is C23H23FN7O3+. The number of aliphatic hydroxyl groups is 1. The van der Waals surface area contributed by atoms with Gasteiger partial charge in [0.25, 0.3) is 5.91 Å². The van der Waals surface area contributed by atoms with Crippen LogP contribution in [0.5, 0.6) is 0 Å². The lowest BCUT2D eigenvalue weighted by Gasteiger charge is -2.43. The van der Waals surface area contributed by atoms with Crippen LogP contribution < -0.4 is 10.2 Å². The first kappa shape index (κ1) is 22.0. The van der Waals surface area contributed by atoms with Crippen LogP contribution in [-0.4, -0.2) is 68.0 Å². The third-order valence-corrected chi connectivity index (χ3v) is 5.94. The van der Waals surface area contributed by atoms with Crippen molar-refractivity contribution in [2.24, 2.45) is 0 Å². The van der Waals surface area contributed by atoms with E-state index in [-0.39, 0.29) is 49.0 Å². The van der Waals surface area contributed by atoms with Crippen LogP contribution >= 0.6 is 0 Å². The Hall–Kier alpha value is -3.85. The Balaban J connectivity index is 1.62. The van der Waals surface area contributed by atoms with Crippen molar-refractivity contribution in [1.29, 1.82) is 5.26 Å². The lowest BCUT2D eigenvalue weighted by molar-refractivity contribution is -1.09. The van der Waals surface area contributed by atoms with Crippen LogP contribution in [-0.2, 0) is 6.54 Å². The standard InChI is InChI=1S/C23H22FN7O3/c1-23(33)11-29(13-31(2,34)12-23)19-6-7-30(28-19)18-8-16(27-17-10-26-22(32)21(17)18)20-14(9-25)4-3-5-15(20)24/h3-8,33-34H,10-13H2,1-2H3/p+1/t23-,31?/m0/s1. The lowest BCUT2D eigenvalue weighted by Crippen LogP contribution is -2.65. The summed E-state index contributed by atoms with van der Waals surface area (Å²) >= 11 is 0. The molecule has 2 atom stereocenters. The fraction of sp³-hybridized carbons (Fsp3) is 0.304. The van der Waals surface area contributed by atoms with E-state index in [1.165, 1.54) is 22.9 Å². The average Bonchev–Trinajstić information content (AvgIpc) is 3.38. The number of rotatable bonds is 3. The number of hydroxylamine groups is 3. The highest BCUT2D eigenvalue weighted by Gasteiger charge is 2.42. The molecule has 1 unspecified atom stereocenters. The highest BCUT2D eigenvalue weighted by molar-refractivity contribution is 6.01. The summed E-state index contributed by atoms with van der Waals surface area (Å²) in [6.07, 6.45) is 1.65. The van der Waals surface area contributed by atoms with E-state index in [1.54, 1.807) is 37.2 Å². The average molecular weight is 464 g/mol. The highest BCUT2D eigenvalue weighted by atomic mass is 19.1. The number of carbonyl (C=O) groups is 1. The molecule has 1 aromatic carbocycles. The van der Waals surface area contributed by atoms with Crippen molar-refractivity contribution < 1.29 is 24.1 Å². The van der Waals surface area contributed by atoms with Gasteiger partial charge in [-0.1, -0.05) is 6.07 Å². The Morgan fingerprint density at radius 2 is 2.12 bits per heavy atom. The summed E-state index contributed by atoms with van der Waals surface area (Å²) in [6.45, 7) is 2.48. The van der Waals surface area contributed by atoms with E-state index in [9.17, 15) is 24.8 Å². The predicted molar refractivity (Wildman–Crippen MR) is 118 cm³/mol. The van der Waals surface area contributed by atoms with E-state index >= 15 is 0 Å². The number of amides is 1. The molecule has 0 saturated carbocycles. The number of benzene rings is 1. The molecule has 1 fully saturated rings. The first-order valence-electron chi connectivity index (χ1n) is 10.7. The number of nitrogens with one attached hydrogen (secondary N) is 1. The van der Waals surface area contributed by atoms with Crippen LogP contribution in [0, 0.1) is 17.1 Å². The van der Waals surface area contributed by atoms with Gasteiger partial charge in [0, 0.05) is 12.3 Å². The van der Waals surface area contributed by atoms with Crippen LogP contribution in [0.4, 0.5) is 10.2 Å². The molecule has 2 aromatic heterocycles. The normalized spacial score (nSPS) is 24.0. The summed E-state index contributed by atoms with van der Waals surface area (Å²) in [5.74, 6) is -0.422. The number of nitriles is 1. The number of hydrogen-bond donors (Lipinski definition) is 3. The van der Waals surface area contributed by atoms with E-state index in [1.807, 2.05) is 6.07 Å². The maximum Gasteiger partial charge on any atom is 0.255 e. The Morgan fingerprint density at radius 1 is 1.32 bits per heavy atom. The molecule has 10 nitrogen and oxygen atoms in total. The number of aromatic nitrogens is 3. The minimum atomic E-state index is -1.13. The predicted octanol–water partition coefficient (Wildman–Crippen LogP) is 1.55. The van der Waals surface area contributed by atoms with Gasteiger partial charge in [-0.3, -0.25) is 4.79 Å². The van der Waals surface area contributed by atoms with Gasteiger partial charge in [0.05, 0.1) is 52.9 Å². The Morgan fingerprint density at radius 3 is 2.85 bits per heavy atom. The van der Waals surface area contributed by atoms with Crippen molar-refractivity contribution in [1.82, 2.24) is 20.1 Å². The smallest absolute Gasteiger partial charge is 0.255 e. The summed E-state index contributed by atoms with van der Waals surface area (Å²) in [5, 5.41) is 37.9. The number of likely N-dealkylation sites (N-methyl/N-ethyl adjacent to an activating group) is 1. The molecule has 174 valence electrons. The number of nitrogens with zero attached hydrogens (tertiary/aromatic N) is 6. The number of fused-ring (bicyclic) bond motifs is 1. The van der Waals surface area contributed by atoms with Gasteiger partial charge < -0.3 is 15.3 Å². The third-order valence-electron chi connectivity index (χ3n) is 5.94. The molecule has 3 aromatic rings. The molecule has 0 radical (unpaired) electrons. The topological polar surface area (TPSA) is 127 Å². The molecular weight excluding hydrogens is 441 g/mol. The van der Waals surface area contributed by atoms with Crippen molar-refractivity contribution in [3.05, 3.63) is 59.2 Å². The first-order chi connectivity index (χ1) is 16.1. The number of β-amino-alcohol motifs (C(OH)–C–C–N with tert-alkyl or cyclic N) is 1. The molecule has 0 spiro atoms. The van der Waals surface area contributed by atoms with Crippen molar-refractivity contribution in [2.45, 2.75) is 19.1 Å². The van der Waals surface area contributed by atoms with Crippen LogP contribution in [0.15, 0.2) is 36.5 Å². The fourth-order valence-electron chi connectivity index (χ4n) is 4.83. The van der Waals surface area contributed by atoms with Gasteiger partial charge in [0.2, 0.25) is 0 Å². The minimum Gasteiger partial charge on any atom is -0.382 e.